The number of carbonyl (C=O) groups excluding carboxylic acids is 1. The van der Waals surface area contributed by atoms with Crippen LogP contribution in [0, 0.1) is 0 Å². The van der Waals surface area contributed by atoms with Gasteiger partial charge in [0.15, 0.2) is 5.79 Å². The normalized spacial score (nSPS) is 22.4. The summed E-state index contributed by atoms with van der Waals surface area (Å²) in [6, 6.07) is 0.185. The second-order valence-electron chi connectivity index (χ2n) is 3.13. The predicted molar refractivity (Wildman–Crippen MR) is 51.7 cm³/mol. The maximum Gasteiger partial charge on any atom is 0.222 e. The number of hydrogen-bond acceptors (Lipinski definition) is 3. The zero-order valence-electron chi connectivity index (χ0n) is 7.80. The van der Waals surface area contributed by atoms with Gasteiger partial charge in [-0.15, -0.1) is 0 Å². The van der Waals surface area contributed by atoms with Gasteiger partial charge in [-0.1, -0.05) is 15.9 Å². The molecule has 1 rings (SSSR count). The minimum atomic E-state index is -0.613. The van der Waals surface area contributed by atoms with Crippen molar-refractivity contribution in [2.45, 2.75) is 24.7 Å². The minimum absolute atomic E-state index is 0.0979. The van der Waals surface area contributed by atoms with Gasteiger partial charge < -0.3 is 14.8 Å². The lowest BCUT2D eigenvalue weighted by atomic mass is 9.98. The molecule has 1 saturated heterocycles. The second kappa shape index (κ2) is 4.39. The molecular weight excluding hydrogens is 238 g/mol. The van der Waals surface area contributed by atoms with Crippen molar-refractivity contribution >= 4 is 21.8 Å². The summed E-state index contributed by atoms with van der Waals surface area (Å²) in [7, 11) is 3.20. The molecule has 0 saturated carbocycles. The van der Waals surface area contributed by atoms with Crippen LogP contribution in [0.3, 0.4) is 0 Å². The molecule has 0 radical (unpaired) electrons. The first kappa shape index (κ1) is 10.9. The highest BCUT2D eigenvalue weighted by molar-refractivity contribution is 9.09. The molecule has 0 spiro atoms. The quantitative estimate of drug-likeness (QED) is 0.444. The van der Waals surface area contributed by atoms with Gasteiger partial charge >= 0.3 is 0 Å². The van der Waals surface area contributed by atoms with Crippen molar-refractivity contribution in [2.24, 2.45) is 0 Å². The van der Waals surface area contributed by atoms with Gasteiger partial charge in [0.2, 0.25) is 5.91 Å². The van der Waals surface area contributed by atoms with E-state index in [1.54, 1.807) is 14.2 Å². The Morgan fingerprint density at radius 1 is 1.62 bits per heavy atom. The highest BCUT2D eigenvalue weighted by Crippen LogP contribution is 2.24. The van der Waals surface area contributed by atoms with Crippen LogP contribution in [0.4, 0.5) is 0 Å². The summed E-state index contributed by atoms with van der Waals surface area (Å²) in [5, 5.41) is 3.38. The summed E-state index contributed by atoms with van der Waals surface area (Å²) in [5.41, 5.74) is 0. The van der Waals surface area contributed by atoms with Crippen molar-refractivity contribution in [2.75, 3.05) is 19.5 Å². The third-order valence-corrected chi connectivity index (χ3v) is 3.16. The van der Waals surface area contributed by atoms with E-state index in [4.69, 9.17) is 9.47 Å². The molecule has 1 N–H and O–H groups in total. The van der Waals surface area contributed by atoms with E-state index in [1.807, 2.05) is 0 Å². The Bertz CT molecular complexity index is 178. The molecular formula is C8H14BrNO3. The van der Waals surface area contributed by atoms with Crippen LogP contribution in [0.1, 0.15) is 12.8 Å². The van der Waals surface area contributed by atoms with Crippen LogP contribution in [0.2, 0.25) is 0 Å². The lowest BCUT2D eigenvalue weighted by Gasteiger charge is -2.36. The van der Waals surface area contributed by atoms with Gasteiger partial charge in [0, 0.05) is 33.1 Å². The standard InChI is InChI=1S/C8H14BrNO3/c1-12-8(5-9,13-2)4-6-3-7(11)10-6/h6H,3-5H2,1-2H3,(H,10,11). The summed E-state index contributed by atoms with van der Waals surface area (Å²) < 4.78 is 10.5. The van der Waals surface area contributed by atoms with Crippen molar-refractivity contribution in [1.29, 1.82) is 0 Å². The smallest absolute Gasteiger partial charge is 0.222 e. The molecule has 1 atom stereocenters. The third kappa shape index (κ3) is 2.42. The Morgan fingerprint density at radius 3 is 2.46 bits per heavy atom. The zero-order chi connectivity index (χ0) is 9.90. The fourth-order valence-corrected chi connectivity index (χ4v) is 2.03. The Morgan fingerprint density at radius 2 is 2.15 bits per heavy atom. The van der Waals surface area contributed by atoms with Crippen molar-refractivity contribution in [3.63, 3.8) is 0 Å². The molecule has 4 nitrogen and oxygen atoms in total. The Labute approximate surface area is 86.1 Å². The number of nitrogens with one attached hydrogen (secondary N) is 1. The van der Waals surface area contributed by atoms with E-state index in [0.29, 0.717) is 18.2 Å². The number of amides is 1. The molecule has 76 valence electrons. The molecule has 0 aromatic rings. The van der Waals surface area contributed by atoms with Gasteiger partial charge in [0.05, 0.1) is 5.33 Å². The number of alkyl halides is 1. The summed E-state index contributed by atoms with van der Waals surface area (Å²) in [4.78, 5) is 10.7. The number of rotatable bonds is 5. The average Bonchev–Trinajstić information content (AvgIpc) is 2.11. The second-order valence-corrected chi connectivity index (χ2v) is 3.69. The number of hydrogen-bond donors (Lipinski definition) is 1. The van der Waals surface area contributed by atoms with Gasteiger partial charge in [0.1, 0.15) is 0 Å². The number of β-lactam (4-membered cyclic amide) rings is 1. The largest absolute Gasteiger partial charge is 0.353 e. The van der Waals surface area contributed by atoms with E-state index in [0.717, 1.165) is 0 Å². The maximum atomic E-state index is 10.7. The van der Waals surface area contributed by atoms with Crippen LogP contribution in [0.5, 0.6) is 0 Å². The molecule has 5 heteroatoms. The van der Waals surface area contributed by atoms with E-state index in [1.165, 1.54) is 0 Å². The van der Waals surface area contributed by atoms with Crippen molar-refractivity contribution < 1.29 is 14.3 Å². The maximum absolute atomic E-state index is 10.7. The topological polar surface area (TPSA) is 47.6 Å². The highest BCUT2D eigenvalue weighted by Gasteiger charge is 2.37. The molecule has 13 heavy (non-hydrogen) atoms. The van der Waals surface area contributed by atoms with Crippen LogP contribution in [-0.4, -0.2) is 37.3 Å². The summed E-state index contributed by atoms with van der Waals surface area (Å²) in [5.74, 6) is -0.515. The Hall–Kier alpha value is -0.130. The van der Waals surface area contributed by atoms with Crippen molar-refractivity contribution in [3.8, 4) is 0 Å². The van der Waals surface area contributed by atoms with Crippen LogP contribution in [0.15, 0.2) is 0 Å². The molecule has 1 aliphatic heterocycles. The highest BCUT2D eigenvalue weighted by atomic mass is 79.9. The fourth-order valence-electron chi connectivity index (χ4n) is 1.34. The monoisotopic (exact) mass is 251 g/mol. The predicted octanol–water partition coefficient (Wildman–Crippen LogP) is 0.649. The number of halogens is 1. The number of carbonyl (C=O) groups is 1. The van der Waals surface area contributed by atoms with Crippen LogP contribution in [0.25, 0.3) is 0 Å². The van der Waals surface area contributed by atoms with Gasteiger partial charge in [0.25, 0.3) is 0 Å². The summed E-state index contributed by atoms with van der Waals surface area (Å²) >= 11 is 3.33. The van der Waals surface area contributed by atoms with Crippen LogP contribution < -0.4 is 5.32 Å². The lowest BCUT2D eigenvalue weighted by molar-refractivity contribution is -0.198. The molecule has 0 aromatic heterocycles. The molecule has 0 bridgehead atoms. The molecule has 1 fully saturated rings. The summed E-state index contributed by atoms with van der Waals surface area (Å²) in [6.07, 6.45) is 1.25. The van der Waals surface area contributed by atoms with E-state index < -0.39 is 5.79 Å². The lowest BCUT2D eigenvalue weighted by Crippen LogP contribution is -2.53. The van der Waals surface area contributed by atoms with Gasteiger partial charge in [-0.2, -0.15) is 0 Å². The minimum Gasteiger partial charge on any atom is -0.353 e. The number of methoxy groups -OCH3 is 2. The third-order valence-electron chi connectivity index (χ3n) is 2.30. The SMILES string of the molecule is COC(CBr)(CC1CC(=O)N1)OC. The van der Waals surface area contributed by atoms with Crippen molar-refractivity contribution in [3.05, 3.63) is 0 Å². The molecule has 1 heterocycles. The first-order valence-corrected chi connectivity index (χ1v) is 5.23. The van der Waals surface area contributed by atoms with Gasteiger partial charge in [-0.25, -0.2) is 0 Å². The fraction of sp³-hybridized carbons (Fsp3) is 0.875. The molecule has 0 aliphatic carbocycles. The first-order valence-electron chi connectivity index (χ1n) is 4.11. The van der Waals surface area contributed by atoms with Crippen LogP contribution >= 0.6 is 15.9 Å². The van der Waals surface area contributed by atoms with E-state index in [9.17, 15) is 4.79 Å². The van der Waals surface area contributed by atoms with Gasteiger partial charge in [-0.3, -0.25) is 4.79 Å². The zero-order valence-corrected chi connectivity index (χ0v) is 9.39. The van der Waals surface area contributed by atoms with E-state index in [-0.39, 0.29) is 11.9 Å². The number of ether oxygens (including phenoxy) is 2. The molecule has 1 unspecified atom stereocenters. The summed E-state index contributed by atoms with van der Waals surface area (Å²) in [6.45, 7) is 0. The molecule has 1 amide bonds. The van der Waals surface area contributed by atoms with Crippen molar-refractivity contribution in [1.82, 2.24) is 5.32 Å². The van der Waals surface area contributed by atoms with Crippen LogP contribution in [-0.2, 0) is 14.3 Å². The van der Waals surface area contributed by atoms with Gasteiger partial charge in [-0.05, 0) is 0 Å². The Balaban J connectivity index is 2.42. The molecule has 1 aliphatic rings. The Kier molecular flexibility index (Phi) is 3.70. The average molecular weight is 252 g/mol. The molecule has 0 aromatic carbocycles. The van der Waals surface area contributed by atoms with E-state index >= 15 is 0 Å². The van der Waals surface area contributed by atoms with E-state index in [2.05, 4.69) is 21.2 Å². The first-order chi connectivity index (χ1) is 6.15.